The lowest BCUT2D eigenvalue weighted by molar-refractivity contribution is 0.146. The van der Waals surface area contributed by atoms with Crippen molar-refractivity contribution in [3.63, 3.8) is 0 Å². The number of nitrogens with zero attached hydrogens (tertiary/aromatic N) is 2. The van der Waals surface area contributed by atoms with E-state index in [1.54, 1.807) is 0 Å². The Morgan fingerprint density at radius 2 is 2.35 bits per heavy atom. The van der Waals surface area contributed by atoms with Crippen molar-refractivity contribution in [1.82, 2.24) is 10.3 Å². The minimum Gasteiger partial charge on any atom is -0.382 e. The molecule has 0 unspecified atom stereocenters. The molecule has 6 nitrogen and oxygen atoms in total. The minimum absolute atomic E-state index is 0.733. The lowest BCUT2D eigenvalue weighted by Gasteiger charge is -2.22. The largest absolute Gasteiger partial charge is 0.382 e. The zero-order valence-electron chi connectivity index (χ0n) is 10.7. The highest BCUT2D eigenvalue weighted by molar-refractivity contribution is 5.79. The van der Waals surface area contributed by atoms with Crippen LogP contribution in [0.15, 0.2) is 4.99 Å². The fourth-order valence-electron chi connectivity index (χ4n) is 1.69. The molecular formula is C11H24N4O2. The van der Waals surface area contributed by atoms with Crippen LogP contribution in [-0.4, -0.2) is 56.9 Å². The highest BCUT2D eigenvalue weighted by Gasteiger charge is 2.12. The van der Waals surface area contributed by atoms with Crippen LogP contribution < -0.4 is 11.3 Å². The fraction of sp³-hybridized carbons (Fsp3) is 0.909. The molecule has 3 N–H and O–H groups in total. The number of hydrazine groups is 1. The summed E-state index contributed by atoms with van der Waals surface area (Å²) in [6, 6.07) is 0. The van der Waals surface area contributed by atoms with Crippen LogP contribution in [0.5, 0.6) is 0 Å². The minimum atomic E-state index is 0.733. The molecule has 1 heterocycles. The molecule has 17 heavy (non-hydrogen) atoms. The summed E-state index contributed by atoms with van der Waals surface area (Å²) in [7, 11) is 0. The predicted octanol–water partition coefficient (Wildman–Crippen LogP) is -0.0454. The Hall–Kier alpha value is -0.850. The molecule has 6 heteroatoms. The van der Waals surface area contributed by atoms with Crippen molar-refractivity contribution in [2.45, 2.75) is 19.8 Å². The number of ether oxygens (including phenoxy) is 2. The second kappa shape index (κ2) is 9.21. The van der Waals surface area contributed by atoms with E-state index in [0.717, 1.165) is 64.9 Å². The van der Waals surface area contributed by atoms with Gasteiger partial charge >= 0.3 is 0 Å². The SMILES string of the molecule is CCOCCCN=C(NN)N1CCCOCC1. The van der Waals surface area contributed by atoms with Crippen LogP contribution >= 0.6 is 0 Å². The first-order valence-corrected chi connectivity index (χ1v) is 6.30. The van der Waals surface area contributed by atoms with E-state index >= 15 is 0 Å². The van der Waals surface area contributed by atoms with E-state index in [0.29, 0.717) is 0 Å². The summed E-state index contributed by atoms with van der Waals surface area (Å²) in [5, 5.41) is 0. The first-order chi connectivity index (χ1) is 8.38. The predicted molar refractivity (Wildman–Crippen MR) is 67.7 cm³/mol. The Kier molecular flexibility index (Phi) is 7.70. The van der Waals surface area contributed by atoms with E-state index in [1.165, 1.54) is 0 Å². The van der Waals surface area contributed by atoms with Crippen LogP contribution in [0.25, 0.3) is 0 Å². The molecule has 0 aromatic rings. The number of nitrogens with one attached hydrogen (secondary N) is 1. The van der Waals surface area contributed by atoms with Crippen LogP contribution in [0.4, 0.5) is 0 Å². The summed E-state index contributed by atoms with van der Waals surface area (Å²) >= 11 is 0. The number of rotatable bonds is 5. The van der Waals surface area contributed by atoms with Crippen molar-refractivity contribution in [3.8, 4) is 0 Å². The van der Waals surface area contributed by atoms with Crippen LogP contribution in [-0.2, 0) is 9.47 Å². The van der Waals surface area contributed by atoms with Gasteiger partial charge in [0, 0.05) is 39.5 Å². The first kappa shape index (κ1) is 14.2. The maximum absolute atomic E-state index is 5.50. The molecule has 1 rings (SSSR count). The van der Waals surface area contributed by atoms with Crippen molar-refractivity contribution in [2.75, 3.05) is 46.1 Å². The van der Waals surface area contributed by atoms with Crippen molar-refractivity contribution in [3.05, 3.63) is 0 Å². The molecule has 0 bridgehead atoms. The summed E-state index contributed by atoms with van der Waals surface area (Å²) in [5.74, 6) is 6.26. The van der Waals surface area contributed by atoms with Gasteiger partial charge in [-0.05, 0) is 19.8 Å². The van der Waals surface area contributed by atoms with Gasteiger partial charge in [0.2, 0.25) is 5.96 Å². The zero-order chi connectivity index (χ0) is 12.3. The number of hydrogen-bond acceptors (Lipinski definition) is 4. The molecule has 0 aromatic heterocycles. The quantitative estimate of drug-likeness (QED) is 0.233. The van der Waals surface area contributed by atoms with Gasteiger partial charge in [-0.2, -0.15) is 0 Å². The molecule has 0 atom stereocenters. The van der Waals surface area contributed by atoms with Gasteiger partial charge in [0.25, 0.3) is 0 Å². The van der Waals surface area contributed by atoms with Gasteiger partial charge < -0.3 is 14.4 Å². The Balaban J connectivity index is 2.31. The maximum atomic E-state index is 5.50. The number of hydrogen-bond donors (Lipinski definition) is 2. The highest BCUT2D eigenvalue weighted by Crippen LogP contribution is 1.99. The van der Waals surface area contributed by atoms with Gasteiger partial charge in [-0.3, -0.25) is 10.4 Å². The third-order valence-electron chi connectivity index (χ3n) is 2.56. The summed E-state index contributed by atoms with van der Waals surface area (Å²) < 4.78 is 10.7. The molecule has 100 valence electrons. The molecule has 0 saturated carbocycles. The third kappa shape index (κ3) is 5.86. The van der Waals surface area contributed by atoms with Crippen molar-refractivity contribution in [2.24, 2.45) is 10.8 Å². The molecule has 0 aromatic carbocycles. The molecule has 0 amide bonds. The average Bonchev–Trinajstić information content (AvgIpc) is 2.63. The fourth-order valence-corrected chi connectivity index (χ4v) is 1.69. The average molecular weight is 244 g/mol. The Morgan fingerprint density at radius 3 is 3.12 bits per heavy atom. The van der Waals surface area contributed by atoms with E-state index < -0.39 is 0 Å². The second-order valence-electron chi connectivity index (χ2n) is 3.85. The van der Waals surface area contributed by atoms with E-state index in [4.69, 9.17) is 15.3 Å². The lowest BCUT2D eigenvalue weighted by Crippen LogP contribution is -2.46. The van der Waals surface area contributed by atoms with Crippen LogP contribution in [0.2, 0.25) is 0 Å². The van der Waals surface area contributed by atoms with Gasteiger partial charge in [-0.1, -0.05) is 0 Å². The van der Waals surface area contributed by atoms with Gasteiger partial charge in [0.05, 0.1) is 6.61 Å². The van der Waals surface area contributed by atoms with E-state index in [2.05, 4.69) is 15.3 Å². The topological polar surface area (TPSA) is 72.1 Å². The van der Waals surface area contributed by atoms with Gasteiger partial charge in [0.15, 0.2) is 0 Å². The van der Waals surface area contributed by atoms with Crippen molar-refractivity contribution in [1.29, 1.82) is 0 Å². The summed E-state index contributed by atoms with van der Waals surface area (Å²) in [4.78, 5) is 6.58. The van der Waals surface area contributed by atoms with Gasteiger partial charge in [-0.25, -0.2) is 5.84 Å². The van der Waals surface area contributed by atoms with Crippen molar-refractivity contribution < 1.29 is 9.47 Å². The van der Waals surface area contributed by atoms with Crippen LogP contribution in [0, 0.1) is 0 Å². The van der Waals surface area contributed by atoms with E-state index in [1.807, 2.05) is 6.92 Å². The second-order valence-corrected chi connectivity index (χ2v) is 3.85. The van der Waals surface area contributed by atoms with Gasteiger partial charge in [0.1, 0.15) is 0 Å². The highest BCUT2D eigenvalue weighted by atomic mass is 16.5. The van der Waals surface area contributed by atoms with E-state index in [9.17, 15) is 0 Å². The summed E-state index contributed by atoms with van der Waals surface area (Å²) in [6.45, 7) is 7.57. The first-order valence-electron chi connectivity index (χ1n) is 6.30. The van der Waals surface area contributed by atoms with E-state index in [-0.39, 0.29) is 0 Å². The number of aliphatic imine (C=N–C) groups is 1. The van der Waals surface area contributed by atoms with Crippen molar-refractivity contribution >= 4 is 5.96 Å². The molecule has 1 aliphatic rings. The number of guanidine groups is 1. The lowest BCUT2D eigenvalue weighted by atomic mass is 10.4. The summed E-state index contributed by atoms with van der Waals surface area (Å²) in [6.07, 6.45) is 1.93. The Bertz CT molecular complexity index is 216. The maximum Gasteiger partial charge on any atom is 0.208 e. The number of nitrogens with two attached hydrogens (primary N) is 1. The smallest absolute Gasteiger partial charge is 0.208 e. The molecule has 0 aliphatic carbocycles. The van der Waals surface area contributed by atoms with Crippen LogP contribution in [0.1, 0.15) is 19.8 Å². The molecular weight excluding hydrogens is 220 g/mol. The third-order valence-corrected chi connectivity index (χ3v) is 2.56. The Morgan fingerprint density at radius 1 is 1.47 bits per heavy atom. The van der Waals surface area contributed by atoms with Gasteiger partial charge in [-0.15, -0.1) is 0 Å². The molecule has 1 fully saturated rings. The zero-order valence-corrected chi connectivity index (χ0v) is 10.7. The normalized spacial score (nSPS) is 18.0. The Labute approximate surface area is 103 Å². The standard InChI is InChI=1S/C11H24N4O2/c1-2-16-8-3-5-13-11(14-12)15-6-4-9-17-10-7-15/h2-10,12H2,1H3,(H,13,14). The monoisotopic (exact) mass is 244 g/mol. The summed E-state index contributed by atoms with van der Waals surface area (Å²) in [5.41, 5.74) is 2.67. The molecule has 1 saturated heterocycles. The molecule has 0 spiro atoms. The van der Waals surface area contributed by atoms with Crippen LogP contribution in [0.3, 0.4) is 0 Å². The molecule has 0 radical (unpaired) electrons. The molecule has 1 aliphatic heterocycles.